The van der Waals surface area contributed by atoms with E-state index in [4.69, 9.17) is 0 Å². The highest BCUT2D eigenvalue weighted by atomic mass is 35.5. The summed E-state index contributed by atoms with van der Waals surface area (Å²) in [4.78, 5) is 12.0. The summed E-state index contributed by atoms with van der Waals surface area (Å²) in [6.07, 6.45) is 2.15. The first-order valence-electron chi connectivity index (χ1n) is 6.69. The topological polar surface area (TPSA) is 50.4 Å². The summed E-state index contributed by atoms with van der Waals surface area (Å²) < 4.78 is 28.9. The van der Waals surface area contributed by atoms with Crippen molar-refractivity contribution >= 4 is 18.3 Å². The van der Waals surface area contributed by atoms with Crippen LogP contribution in [0.3, 0.4) is 0 Å². The van der Waals surface area contributed by atoms with Crippen LogP contribution in [0, 0.1) is 5.92 Å². The number of rotatable bonds is 5. The van der Waals surface area contributed by atoms with Gasteiger partial charge < -0.3 is 15.4 Å². The van der Waals surface area contributed by atoms with Crippen molar-refractivity contribution in [3.63, 3.8) is 0 Å². The second kappa shape index (κ2) is 8.79. The van der Waals surface area contributed by atoms with E-state index < -0.39 is 6.61 Å². The molecule has 1 fully saturated rings. The predicted octanol–water partition coefficient (Wildman–Crippen LogP) is 2.44. The van der Waals surface area contributed by atoms with Crippen molar-refractivity contribution in [1.29, 1.82) is 0 Å². The van der Waals surface area contributed by atoms with Crippen molar-refractivity contribution in [2.45, 2.75) is 19.5 Å². The van der Waals surface area contributed by atoms with Crippen molar-refractivity contribution in [3.05, 3.63) is 29.8 Å². The summed E-state index contributed by atoms with van der Waals surface area (Å²) in [5, 5.41) is 6.04. The van der Waals surface area contributed by atoms with E-state index in [2.05, 4.69) is 15.4 Å². The number of benzene rings is 1. The molecule has 0 spiro atoms. The molecule has 7 heteroatoms. The van der Waals surface area contributed by atoms with Crippen molar-refractivity contribution in [3.8, 4) is 5.75 Å². The minimum absolute atomic E-state index is 0. The van der Waals surface area contributed by atoms with Gasteiger partial charge in [0.2, 0.25) is 0 Å². The van der Waals surface area contributed by atoms with Crippen LogP contribution in [-0.2, 0) is 0 Å². The van der Waals surface area contributed by atoms with Crippen LogP contribution in [0.25, 0.3) is 0 Å². The standard InChI is InChI=1S/C14H18F2N2O2.ClH/c15-14(16)20-12-6-2-1-5-11(12)13(19)18-9-10-4-3-7-17-8-10;/h1-2,5-6,10,14,17H,3-4,7-9H2,(H,18,19);1H. The average molecular weight is 321 g/mol. The lowest BCUT2D eigenvalue weighted by Crippen LogP contribution is -2.38. The fourth-order valence-electron chi connectivity index (χ4n) is 2.28. The molecule has 1 amide bonds. The molecule has 1 heterocycles. The number of alkyl halides is 2. The molecule has 1 unspecified atom stereocenters. The lowest BCUT2D eigenvalue weighted by molar-refractivity contribution is -0.0501. The van der Waals surface area contributed by atoms with Gasteiger partial charge in [-0.15, -0.1) is 12.4 Å². The van der Waals surface area contributed by atoms with Gasteiger partial charge in [0.25, 0.3) is 5.91 Å². The highest BCUT2D eigenvalue weighted by Crippen LogP contribution is 2.20. The van der Waals surface area contributed by atoms with Crippen molar-refractivity contribution < 1.29 is 18.3 Å². The largest absolute Gasteiger partial charge is 0.434 e. The lowest BCUT2D eigenvalue weighted by Gasteiger charge is -2.23. The summed E-state index contributed by atoms with van der Waals surface area (Å²) in [5.41, 5.74) is 0.136. The molecular weight excluding hydrogens is 302 g/mol. The summed E-state index contributed by atoms with van der Waals surface area (Å²) in [7, 11) is 0. The Morgan fingerprint density at radius 2 is 2.19 bits per heavy atom. The van der Waals surface area contributed by atoms with E-state index in [1.807, 2.05) is 0 Å². The van der Waals surface area contributed by atoms with Gasteiger partial charge in [-0.2, -0.15) is 8.78 Å². The van der Waals surface area contributed by atoms with Crippen LogP contribution in [0.1, 0.15) is 23.2 Å². The zero-order chi connectivity index (χ0) is 14.4. The molecular formula is C14H19ClF2N2O2. The molecule has 1 aromatic rings. The summed E-state index contributed by atoms with van der Waals surface area (Å²) >= 11 is 0. The van der Waals surface area contributed by atoms with Gasteiger partial charge in [-0.05, 0) is 44.0 Å². The SMILES string of the molecule is Cl.O=C(NCC1CCCNC1)c1ccccc1OC(F)F. The number of hydrogen-bond donors (Lipinski definition) is 2. The molecule has 0 aliphatic carbocycles. The van der Waals surface area contributed by atoms with Crippen LogP contribution < -0.4 is 15.4 Å². The highest BCUT2D eigenvalue weighted by molar-refractivity contribution is 5.96. The molecule has 4 nitrogen and oxygen atoms in total. The maximum atomic E-state index is 12.3. The second-order valence-electron chi connectivity index (χ2n) is 4.80. The number of carbonyl (C=O) groups excluding carboxylic acids is 1. The Hall–Kier alpha value is -1.40. The van der Waals surface area contributed by atoms with E-state index >= 15 is 0 Å². The summed E-state index contributed by atoms with van der Waals surface area (Å²) in [5.74, 6) is -0.0931. The van der Waals surface area contributed by atoms with Crippen molar-refractivity contribution in [2.75, 3.05) is 19.6 Å². The summed E-state index contributed by atoms with van der Waals surface area (Å²) in [6.45, 7) is -0.522. The number of hydrogen-bond acceptors (Lipinski definition) is 3. The third-order valence-corrected chi connectivity index (χ3v) is 3.30. The number of halogens is 3. The lowest BCUT2D eigenvalue weighted by atomic mass is 9.99. The Morgan fingerprint density at radius 3 is 2.86 bits per heavy atom. The first-order valence-corrected chi connectivity index (χ1v) is 6.69. The molecule has 2 N–H and O–H groups in total. The van der Waals surface area contributed by atoms with E-state index in [9.17, 15) is 13.6 Å². The zero-order valence-corrected chi connectivity index (χ0v) is 12.3. The van der Waals surface area contributed by atoms with Gasteiger partial charge >= 0.3 is 6.61 Å². The summed E-state index contributed by atoms with van der Waals surface area (Å²) in [6, 6.07) is 6.02. The molecule has 0 saturated carbocycles. The number of amides is 1. The molecule has 1 atom stereocenters. The van der Waals surface area contributed by atoms with Crippen LogP contribution in [0.2, 0.25) is 0 Å². The van der Waals surface area contributed by atoms with Gasteiger partial charge in [0.15, 0.2) is 0 Å². The minimum Gasteiger partial charge on any atom is -0.434 e. The van der Waals surface area contributed by atoms with Crippen LogP contribution >= 0.6 is 12.4 Å². The fourth-order valence-corrected chi connectivity index (χ4v) is 2.28. The Kier molecular flexibility index (Phi) is 7.39. The second-order valence-corrected chi connectivity index (χ2v) is 4.80. The molecule has 1 aliphatic heterocycles. The van der Waals surface area contributed by atoms with Gasteiger partial charge in [0.05, 0.1) is 5.56 Å². The Balaban J connectivity index is 0.00000220. The monoisotopic (exact) mass is 320 g/mol. The average Bonchev–Trinajstić information content (AvgIpc) is 2.46. The van der Waals surface area contributed by atoms with Gasteiger partial charge in [-0.3, -0.25) is 4.79 Å². The van der Waals surface area contributed by atoms with E-state index in [1.54, 1.807) is 12.1 Å². The third kappa shape index (κ3) is 5.47. The number of nitrogens with one attached hydrogen (secondary N) is 2. The Labute approximate surface area is 128 Å². The molecule has 1 aromatic carbocycles. The molecule has 0 aromatic heterocycles. The van der Waals surface area contributed by atoms with Crippen LogP contribution in [0.4, 0.5) is 8.78 Å². The Bertz CT molecular complexity index is 454. The molecule has 0 radical (unpaired) electrons. The molecule has 1 saturated heterocycles. The van der Waals surface area contributed by atoms with Crippen molar-refractivity contribution in [1.82, 2.24) is 10.6 Å². The van der Waals surface area contributed by atoms with E-state index in [-0.39, 0.29) is 29.6 Å². The number of para-hydroxylation sites is 1. The smallest absolute Gasteiger partial charge is 0.387 e. The molecule has 21 heavy (non-hydrogen) atoms. The van der Waals surface area contributed by atoms with Gasteiger partial charge in [-0.1, -0.05) is 12.1 Å². The number of ether oxygens (including phenoxy) is 1. The van der Waals surface area contributed by atoms with Crippen LogP contribution in [0.5, 0.6) is 5.75 Å². The highest BCUT2D eigenvalue weighted by Gasteiger charge is 2.17. The Morgan fingerprint density at radius 1 is 1.43 bits per heavy atom. The molecule has 0 bridgehead atoms. The van der Waals surface area contributed by atoms with Crippen molar-refractivity contribution in [2.24, 2.45) is 5.92 Å². The van der Waals surface area contributed by atoms with Gasteiger partial charge in [0, 0.05) is 6.54 Å². The van der Waals surface area contributed by atoms with Crippen LogP contribution in [0.15, 0.2) is 24.3 Å². The maximum absolute atomic E-state index is 12.3. The number of piperidine rings is 1. The fraction of sp³-hybridized carbons (Fsp3) is 0.500. The van der Waals surface area contributed by atoms with Crippen LogP contribution in [-0.4, -0.2) is 32.2 Å². The minimum atomic E-state index is -2.94. The predicted molar refractivity (Wildman–Crippen MR) is 78.2 cm³/mol. The molecule has 118 valence electrons. The van der Waals surface area contributed by atoms with Gasteiger partial charge in [0.1, 0.15) is 5.75 Å². The third-order valence-electron chi connectivity index (χ3n) is 3.30. The first kappa shape index (κ1) is 17.7. The maximum Gasteiger partial charge on any atom is 0.387 e. The van der Waals surface area contributed by atoms with E-state index in [1.165, 1.54) is 12.1 Å². The zero-order valence-electron chi connectivity index (χ0n) is 11.5. The van der Waals surface area contributed by atoms with Gasteiger partial charge in [-0.25, -0.2) is 0 Å². The number of carbonyl (C=O) groups is 1. The quantitative estimate of drug-likeness (QED) is 0.876. The molecule has 1 aliphatic rings. The van der Waals surface area contributed by atoms with E-state index in [0.29, 0.717) is 12.5 Å². The van der Waals surface area contributed by atoms with E-state index in [0.717, 1.165) is 25.9 Å². The first-order chi connectivity index (χ1) is 9.66. The normalized spacial score (nSPS) is 18.0. The molecule has 2 rings (SSSR count).